The van der Waals surface area contributed by atoms with Gasteiger partial charge < -0.3 is 9.72 Å². The molecule has 0 spiro atoms. The highest BCUT2D eigenvalue weighted by Gasteiger charge is 2.17. The molecule has 5 aromatic rings. The second-order valence-corrected chi connectivity index (χ2v) is 7.37. The van der Waals surface area contributed by atoms with Gasteiger partial charge in [-0.1, -0.05) is 48.5 Å². The number of carbonyl (C=O) groups is 1. The van der Waals surface area contributed by atoms with Crippen molar-refractivity contribution in [2.24, 2.45) is 0 Å². The van der Waals surface area contributed by atoms with Crippen molar-refractivity contribution in [2.45, 2.75) is 13.8 Å². The van der Waals surface area contributed by atoms with Gasteiger partial charge in [-0.2, -0.15) is 0 Å². The number of aryl methyl sites for hydroxylation is 2. The maximum absolute atomic E-state index is 11.8. The van der Waals surface area contributed by atoms with Crippen LogP contribution in [0.2, 0.25) is 0 Å². The number of carbonyl (C=O) groups excluding carboxylic acids is 1. The number of rotatable bonds is 2. The summed E-state index contributed by atoms with van der Waals surface area (Å²) >= 11 is 0. The van der Waals surface area contributed by atoms with Crippen LogP contribution in [-0.4, -0.2) is 23.0 Å². The molecule has 29 heavy (non-hydrogen) atoms. The lowest BCUT2D eigenvalue weighted by Gasteiger charge is -2.11. The summed E-state index contributed by atoms with van der Waals surface area (Å²) in [6.07, 6.45) is 0. The third-order valence-electron chi connectivity index (χ3n) is 5.59. The molecule has 0 unspecified atom stereocenters. The van der Waals surface area contributed by atoms with Gasteiger partial charge in [0.25, 0.3) is 0 Å². The highest BCUT2D eigenvalue weighted by Crippen LogP contribution is 2.38. The molecule has 0 atom stereocenters. The van der Waals surface area contributed by atoms with E-state index in [0.29, 0.717) is 5.56 Å². The molecule has 4 heteroatoms. The van der Waals surface area contributed by atoms with E-state index in [1.807, 2.05) is 24.3 Å². The minimum Gasteiger partial charge on any atom is -0.465 e. The predicted molar refractivity (Wildman–Crippen MR) is 117 cm³/mol. The van der Waals surface area contributed by atoms with Crippen LogP contribution in [0.5, 0.6) is 0 Å². The first kappa shape index (κ1) is 17.4. The Bertz CT molecular complexity index is 1410. The fourth-order valence-corrected chi connectivity index (χ4v) is 4.09. The Labute approximate surface area is 168 Å². The molecule has 0 aliphatic carbocycles. The number of fused-ring (bicyclic) bond motifs is 4. The summed E-state index contributed by atoms with van der Waals surface area (Å²) in [6, 6.07) is 20.1. The average Bonchev–Trinajstić information content (AvgIpc) is 3.12. The highest BCUT2D eigenvalue weighted by molar-refractivity contribution is 6.17. The van der Waals surface area contributed by atoms with E-state index >= 15 is 0 Å². The number of methoxy groups -OCH3 is 1. The quantitative estimate of drug-likeness (QED) is 0.386. The maximum atomic E-state index is 11.8. The van der Waals surface area contributed by atoms with Gasteiger partial charge in [-0.05, 0) is 42.7 Å². The van der Waals surface area contributed by atoms with Gasteiger partial charge in [0, 0.05) is 16.3 Å². The van der Waals surface area contributed by atoms with Crippen LogP contribution in [0.15, 0.2) is 60.7 Å². The molecule has 0 saturated carbocycles. The number of nitrogens with zero attached hydrogens (tertiary/aromatic N) is 1. The Hall–Kier alpha value is -3.66. The van der Waals surface area contributed by atoms with Crippen LogP contribution in [0.4, 0.5) is 0 Å². The van der Waals surface area contributed by atoms with Crippen LogP contribution < -0.4 is 0 Å². The number of pyridine rings is 1. The first-order chi connectivity index (χ1) is 14.1. The lowest BCUT2D eigenvalue weighted by molar-refractivity contribution is 0.0601. The fraction of sp³-hybridized carbons (Fsp3) is 0.120. The monoisotopic (exact) mass is 380 g/mol. The minimum absolute atomic E-state index is 0.335. The van der Waals surface area contributed by atoms with Crippen molar-refractivity contribution in [2.75, 3.05) is 7.11 Å². The molecule has 5 rings (SSSR count). The Morgan fingerprint density at radius 3 is 2.24 bits per heavy atom. The molecule has 142 valence electrons. The first-order valence-electron chi connectivity index (χ1n) is 9.57. The summed E-state index contributed by atoms with van der Waals surface area (Å²) in [5.41, 5.74) is 9.08. The largest absolute Gasteiger partial charge is 0.465 e. The van der Waals surface area contributed by atoms with E-state index < -0.39 is 0 Å². The molecular weight excluding hydrogens is 360 g/mol. The smallest absolute Gasteiger partial charge is 0.337 e. The van der Waals surface area contributed by atoms with E-state index in [4.69, 9.17) is 9.72 Å². The second-order valence-electron chi connectivity index (χ2n) is 7.37. The van der Waals surface area contributed by atoms with Crippen molar-refractivity contribution in [3.05, 3.63) is 77.4 Å². The number of para-hydroxylation sites is 2. The summed E-state index contributed by atoms with van der Waals surface area (Å²) in [6.45, 7) is 4.19. The van der Waals surface area contributed by atoms with Crippen LogP contribution in [0.3, 0.4) is 0 Å². The van der Waals surface area contributed by atoms with Gasteiger partial charge in [0.05, 0.1) is 34.7 Å². The number of benzene rings is 3. The fourth-order valence-electron chi connectivity index (χ4n) is 4.09. The minimum atomic E-state index is -0.335. The van der Waals surface area contributed by atoms with Gasteiger partial charge in [0.15, 0.2) is 0 Å². The summed E-state index contributed by atoms with van der Waals surface area (Å²) in [4.78, 5) is 20.5. The van der Waals surface area contributed by atoms with E-state index in [1.165, 1.54) is 12.7 Å². The number of ether oxygens (including phenoxy) is 1. The van der Waals surface area contributed by atoms with E-state index in [2.05, 4.69) is 55.2 Å². The van der Waals surface area contributed by atoms with Crippen molar-refractivity contribution in [1.82, 2.24) is 9.97 Å². The van der Waals surface area contributed by atoms with Crippen LogP contribution in [0, 0.1) is 13.8 Å². The summed E-state index contributed by atoms with van der Waals surface area (Å²) in [7, 11) is 1.39. The van der Waals surface area contributed by atoms with E-state index in [0.717, 1.165) is 49.5 Å². The Balaban J connectivity index is 1.91. The van der Waals surface area contributed by atoms with Gasteiger partial charge in [-0.3, -0.25) is 0 Å². The van der Waals surface area contributed by atoms with E-state index in [-0.39, 0.29) is 5.97 Å². The van der Waals surface area contributed by atoms with Crippen molar-refractivity contribution in [3.63, 3.8) is 0 Å². The molecular formula is C25H20N2O2. The number of hydrogen-bond acceptors (Lipinski definition) is 3. The molecule has 2 aromatic heterocycles. The van der Waals surface area contributed by atoms with Gasteiger partial charge in [0.2, 0.25) is 0 Å². The second kappa shape index (κ2) is 6.45. The topological polar surface area (TPSA) is 55.0 Å². The van der Waals surface area contributed by atoms with Gasteiger partial charge >= 0.3 is 5.97 Å². The van der Waals surface area contributed by atoms with Crippen LogP contribution in [0.1, 0.15) is 21.5 Å². The van der Waals surface area contributed by atoms with E-state index in [1.54, 1.807) is 0 Å². The van der Waals surface area contributed by atoms with E-state index in [9.17, 15) is 4.79 Å². The summed E-state index contributed by atoms with van der Waals surface area (Å²) in [5, 5.41) is 2.21. The van der Waals surface area contributed by atoms with Gasteiger partial charge in [-0.15, -0.1) is 0 Å². The maximum Gasteiger partial charge on any atom is 0.337 e. The molecule has 0 bridgehead atoms. The number of esters is 1. The van der Waals surface area contributed by atoms with Crippen molar-refractivity contribution in [1.29, 1.82) is 0 Å². The molecule has 4 nitrogen and oxygen atoms in total. The Kier molecular flexibility index (Phi) is 3.88. The molecule has 3 aromatic carbocycles. The average molecular weight is 380 g/mol. The van der Waals surface area contributed by atoms with Gasteiger partial charge in [0.1, 0.15) is 0 Å². The van der Waals surface area contributed by atoms with Crippen molar-refractivity contribution < 1.29 is 9.53 Å². The predicted octanol–water partition coefficient (Wildman–Crippen LogP) is 5.94. The third kappa shape index (κ3) is 2.60. The lowest BCUT2D eigenvalue weighted by Crippen LogP contribution is -2.00. The lowest BCUT2D eigenvalue weighted by atomic mass is 9.97. The number of H-pyrrole nitrogens is 1. The zero-order valence-electron chi connectivity index (χ0n) is 16.5. The number of hydrogen-bond donors (Lipinski definition) is 1. The molecule has 0 saturated heterocycles. The molecule has 0 fully saturated rings. The molecule has 0 aliphatic rings. The third-order valence-corrected chi connectivity index (χ3v) is 5.59. The van der Waals surface area contributed by atoms with Crippen molar-refractivity contribution >= 4 is 38.8 Å². The zero-order chi connectivity index (χ0) is 20.1. The molecule has 1 N–H and O–H groups in total. The number of aromatic amines is 1. The Morgan fingerprint density at radius 2 is 1.52 bits per heavy atom. The molecule has 2 heterocycles. The normalized spacial score (nSPS) is 11.4. The SMILES string of the molecule is COC(=O)c1ccc(-c2c3cccc(C)c3nc3c2[nH]c2c(C)cccc23)cc1. The standard InChI is InChI=1S/C25H20N2O2/c1-14-6-4-8-18-20(16-10-12-17(13-11-16)25(28)29-3)24-23(26-21(14)18)19-9-5-7-15(2)22(19)27-24/h4-13,27H,1-3H3. The number of aromatic nitrogens is 2. The van der Waals surface area contributed by atoms with Gasteiger partial charge in [-0.25, -0.2) is 9.78 Å². The Morgan fingerprint density at radius 1 is 0.828 bits per heavy atom. The van der Waals surface area contributed by atoms with Crippen molar-refractivity contribution in [3.8, 4) is 11.1 Å². The first-order valence-corrected chi connectivity index (χ1v) is 9.57. The highest BCUT2D eigenvalue weighted by atomic mass is 16.5. The van der Waals surface area contributed by atoms with Crippen LogP contribution in [-0.2, 0) is 4.74 Å². The molecule has 0 radical (unpaired) electrons. The molecule has 0 aliphatic heterocycles. The number of nitrogens with one attached hydrogen (secondary N) is 1. The zero-order valence-corrected chi connectivity index (χ0v) is 16.5. The summed E-state index contributed by atoms with van der Waals surface area (Å²) in [5.74, 6) is -0.335. The summed E-state index contributed by atoms with van der Waals surface area (Å²) < 4.78 is 4.84. The van der Waals surface area contributed by atoms with Crippen LogP contribution >= 0.6 is 0 Å². The van der Waals surface area contributed by atoms with Crippen LogP contribution in [0.25, 0.3) is 44.0 Å². The molecule has 0 amide bonds.